The van der Waals surface area contributed by atoms with E-state index in [1.54, 1.807) is 0 Å². The zero-order valence-electron chi connectivity index (χ0n) is 11.6. The molecule has 1 aromatic heterocycles. The Morgan fingerprint density at radius 3 is 2.16 bits per heavy atom. The van der Waals surface area contributed by atoms with E-state index in [0.717, 1.165) is 0 Å². The van der Waals surface area contributed by atoms with Gasteiger partial charge in [0.2, 0.25) is 9.81 Å². The molecule has 1 aromatic carbocycles. The standard InChI is InChI=1S/C11H6ClF6N3O2S2/c12-6-1-3-7(4-2-6)21-9(24-8(19-21)11(16,17)18)20-25(22,23)5-10(13,14)15/h1-4H,5H2/b20-9+. The number of aromatic nitrogens is 2. The second-order valence-corrected chi connectivity index (χ2v) is 7.54. The Bertz CT molecular complexity index is 928. The Morgan fingerprint density at radius 1 is 1.12 bits per heavy atom. The Labute approximate surface area is 145 Å². The molecule has 0 fully saturated rings. The van der Waals surface area contributed by atoms with Crippen LogP contribution in [0.1, 0.15) is 5.01 Å². The van der Waals surface area contributed by atoms with E-state index in [9.17, 15) is 34.8 Å². The Balaban J connectivity index is 2.65. The maximum atomic E-state index is 12.8. The summed E-state index contributed by atoms with van der Waals surface area (Å²) in [6.07, 6.45) is -10.0. The van der Waals surface area contributed by atoms with Crippen molar-refractivity contribution in [1.82, 2.24) is 9.78 Å². The third-order valence-electron chi connectivity index (χ3n) is 2.44. The van der Waals surface area contributed by atoms with Gasteiger partial charge in [0.25, 0.3) is 10.0 Å². The van der Waals surface area contributed by atoms with Crippen molar-refractivity contribution in [3.05, 3.63) is 39.1 Å². The lowest BCUT2D eigenvalue weighted by Gasteiger charge is -2.04. The average Bonchev–Trinajstić information content (AvgIpc) is 2.79. The molecular formula is C11H6ClF6N3O2S2. The van der Waals surface area contributed by atoms with E-state index in [2.05, 4.69) is 9.50 Å². The Morgan fingerprint density at radius 2 is 1.68 bits per heavy atom. The SMILES string of the molecule is O=S(=O)(CC(F)(F)F)/N=c1/sc(C(F)(F)F)nn1-c1ccc(Cl)cc1. The molecule has 0 saturated carbocycles. The summed E-state index contributed by atoms with van der Waals surface area (Å²) in [5, 5.41) is 1.96. The lowest BCUT2D eigenvalue weighted by atomic mass is 10.3. The van der Waals surface area contributed by atoms with Gasteiger partial charge in [-0.25, -0.2) is 13.1 Å². The summed E-state index contributed by atoms with van der Waals surface area (Å²) in [5.74, 6) is -2.31. The monoisotopic (exact) mass is 425 g/mol. The van der Waals surface area contributed by atoms with E-state index in [1.807, 2.05) is 0 Å². The van der Waals surface area contributed by atoms with Crippen LogP contribution in [0.3, 0.4) is 0 Å². The van der Waals surface area contributed by atoms with Crippen LogP contribution in [0.2, 0.25) is 5.02 Å². The zero-order chi connectivity index (χ0) is 19.0. The number of nitrogens with zero attached hydrogens (tertiary/aromatic N) is 3. The van der Waals surface area contributed by atoms with Gasteiger partial charge in [-0.3, -0.25) is 0 Å². The Hall–Kier alpha value is -1.60. The first-order chi connectivity index (χ1) is 11.3. The van der Waals surface area contributed by atoms with Gasteiger partial charge >= 0.3 is 12.4 Å². The summed E-state index contributed by atoms with van der Waals surface area (Å²) in [5.41, 5.74) is -0.0582. The fourth-order valence-electron chi connectivity index (χ4n) is 1.56. The van der Waals surface area contributed by atoms with E-state index in [1.165, 1.54) is 24.3 Å². The topological polar surface area (TPSA) is 64.3 Å². The van der Waals surface area contributed by atoms with Crippen molar-refractivity contribution in [3.63, 3.8) is 0 Å². The van der Waals surface area contributed by atoms with Crippen LogP contribution in [-0.2, 0) is 16.2 Å². The molecule has 0 amide bonds. The van der Waals surface area contributed by atoms with Crippen molar-refractivity contribution in [2.24, 2.45) is 4.40 Å². The first-order valence-electron chi connectivity index (χ1n) is 6.06. The minimum atomic E-state index is -5.11. The van der Waals surface area contributed by atoms with Gasteiger partial charge in [-0.05, 0) is 24.3 Å². The van der Waals surface area contributed by atoms with Crippen LogP contribution in [0.4, 0.5) is 26.3 Å². The van der Waals surface area contributed by atoms with E-state index in [4.69, 9.17) is 11.6 Å². The molecule has 5 nitrogen and oxygen atoms in total. The third kappa shape index (κ3) is 5.44. The van der Waals surface area contributed by atoms with Crippen LogP contribution in [0.25, 0.3) is 5.69 Å². The van der Waals surface area contributed by atoms with Gasteiger partial charge in [0.15, 0.2) is 5.75 Å². The smallest absolute Gasteiger partial charge is 0.204 e. The Kier molecular flexibility index (Phi) is 5.21. The van der Waals surface area contributed by atoms with Crippen LogP contribution in [0, 0.1) is 0 Å². The molecule has 0 aliphatic rings. The van der Waals surface area contributed by atoms with Gasteiger partial charge in [0, 0.05) is 5.02 Å². The van der Waals surface area contributed by atoms with Gasteiger partial charge in [0.1, 0.15) is 0 Å². The molecule has 0 spiro atoms. The van der Waals surface area contributed by atoms with E-state index in [0.29, 0.717) is 4.68 Å². The molecule has 0 unspecified atom stereocenters. The predicted molar refractivity (Wildman–Crippen MR) is 76.9 cm³/mol. The summed E-state index contributed by atoms with van der Waals surface area (Å²) in [6, 6.07) is 4.98. The number of rotatable bonds is 3. The van der Waals surface area contributed by atoms with Gasteiger partial charge in [-0.15, -0.1) is 9.50 Å². The molecule has 0 atom stereocenters. The fraction of sp³-hybridized carbons (Fsp3) is 0.273. The minimum absolute atomic E-state index is 0.0582. The maximum absolute atomic E-state index is 12.8. The summed E-state index contributed by atoms with van der Waals surface area (Å²) >= 11 is 5.44. The van der Waals surface area contributed by atoms with Gasteiger partial charge in [0.05, 0.1) is 5.69 Å². The van der Waals surface area contributed by atoms with Crippen molar-refractivity contribution < 1.29 is 34.8 Å². The van der Waals surface area contributed by atoms with E-state index >= 15 is 0 Å². The molecule has 2 aromatic rings. The van der Waals surface area contributed by atoms with Crippen LogP contribution < -0.4 is 4.80 Å². The largest absolute Gasteiger partial charge is 0.445 e. The molecule has 14 heteroatoms. The lowest BCUT2D eigenvalue weighted by molar-refractivity contribution is -0.138. The number of hydrogen-bond donors (Lipinski definition) is 0. The zero-order valence-corrected chi connectivity index (χ0v) is 14.0. The molecule has 0 saturated heterocycles. The van der Waals surface area contributed by atoms with Crippen LogP contribution in [0.5, 0.6) is 0 Å². The molecular weight excluding hydrogens is 420 g/mol. The van der Waals surface area contributed by atoms with Crippen LogP contribution in [-0.4, -0.2) is 30.1 Å². The summed E-state index contributed by atoms with van der Waals surface area (Å²) in [7, 11) is -5.11. The third-order valence-corrected chi connectivity index (χ3v) is 4.90. The minimum Gasteiger partial charge on any atom is -0.204 e. The van der Waals surface area contributed by atoms with Crippen molar-refractivity contribution in [2.45, 2.75) is 12.4 Å². The quantitative estimate of drug-likeness (QED) is 0.708. The molecule has 2 rings (SSSR count). The van der Waals surface area contributed by atoms with Crippen LogP contribution >= 0.6 is 22.9 Å². The van der Waals surface area contributed by atoms with Gasteiger partial charge < -0.3 is 0 Å². The highest BCUT2D eigenvalue weighted by Crippen LogP contribution is 2.30. The molecule has 138 valence electrons. The molecule has 25 heavy (non-hydrogen) atoms. The molecule has 0 bridgehead atoms. The van der Waals surface area contributed by atoms with Crippen LogP contribution in [0.15, 0.2) is 28.7 Å². The van der Waals surface area contributed by atoms with Crippen molar-refractivity contribution in [1.29, 1.82) is 0 Å². The van der Waals surface area contributed by atoms with Crippen molar-refractivity contribution >= 4 is 33.0 Å². The summed E-state index contributed by atoms with van der Waals surface area (Å²) in [6.45, 7) is 0. The number of alkyl halides is 6. The second-order valence-electron chi connectivity index (χ2n) is 4.51. The van der Waals surface area contributed by atoms with Crippen molar-refractivity contribution in [3.8, 4) is 5.69 Å². The fourth-order valence-corrected chi connectivity index (χ4v) is 3.62. The first-order valence-corrected chi connectivity index (χ1v) is 8.86. The normalized spacial score (nSPS) is 14.1. The predicted octanol–water partition coefficient (Wildman–Crippen LogP) is 3.40. The highest BCUT2D eigenvalue weighted by Gasteiger charge is 2.37. The second kappa shape index (κ2) is 6.61. The highest BCUT2D eigenvalue weighted by atomic mass is 35.5. The first kappa shape index (κ1) is 19.7. The number of halogens is 7. The van der Waals surface area contributed by atoms with Crippen molar-refractivity contribution in [2.75, 3.05) is 5.75 Å². The molecule has 1 heterocycles. The highest BCUT2D eigenvalue weighted by molar-refractivity contribution is 7.90. The lowest BCUT2D eigenvalue weighted by Crippen LogP contribution is -2.24. The number of benzene rings is 1. The molecule has 0 aliphatic heterocycles. The molecule has 0 N–H and O–H groups in total. The maximum Gasteiger partial charge on any atom is 0.445 e. The summed E-state index contributed by atoms with van der Waals surface area (Å²) in [4.78, 5) is -0.876. The molecule has 0 aliphatic carbocycles. The average molecular weight is 426 g/mol. The van der Waals surface area contributed by atoms with E-state index < -0.39 is 37.9 Å². The van der Waals surface area contributed by atoms with E-state index in [-0.39, 0.29) is 22.0 Å². The summed E-state index contributed by atoms with van der Waals surface area (Å²) < 4.78 is 102. The number of hydrogen-bond acceptors (Lipinski definition) is 4. The van der Waals surface area contributed by atoms with Gasteiger partial charge in [-0.2, -0.15) is 26.3 Å². The molecule has 0 radical (unpaired) electrons. The number of sulfonamides is 1. The van der Waals surface area contributed by atoms with Gasteiger partial charge in [-0.1, -0.05) is 22.9 Å².